The fraction of sp³-hybridized carbons (Fsp3) is 0.286. The van der Waals surface area contributed by atoms with Crippen LogP contribution in [-0.2, 0) is 16.1 Å². The third-order valence-corrected chi connectivity index (χ3v) is 6.75. The summed E-state index contributed by atoms with van der Waals surface area (Å²) in [4.78, 5) is 26.9. The molecule has 1 saturated heterocycles. The number of hydrogen-bond acceptors (Lipinski definition) is 5. The first-order valence-corrected chi connectivity index (χ1v) is 12.3. The minimum atomic E-state index is -2.01. The van der Waals surface area contributed by atoms with E-state index in [2.05, 4.69) is 5.32 Å². The highest BCUT2D eigenvalue weighted by atomic mass is 35.5. The van der Waals surface area contributed by atoms with Crippen molar-refractivity contribution < 1.29 is 28.9 Å². The van der Waals surface area contributed by atoms with Crippen LogP contribution in [0.3, 0.4) is 0 Å². The number of aliphatic hydroxyl groups excluding tert-OH is 2. The van der Waals surface area contributed by atoms with Gasteiger partial charge in [-0.3, -0.25) is 9.59 Å². The third kappa shape index (κ3) is 5.93. The van der Waals surface area contributed by atoms with Crippen LogP contribution in [0.2, 0.25) is 5.02 Å². The average molecular weight is 527 g/mol. The maximum atomic E-state index is 14.8. The molecule has 37 heavy (non-hydrogen) atoms. The lowest BCUT2D eigenvalue weighted by atomic mass is 10.0. The van der Waals surface area contributed by atoms with Crippen molar-refractivity contribution in [3.8, 4) is 16.9 Å². The van der Waals surface area contributed by atoms with E-state index in [0.29, 0.717) is 35.7 Å². The van der Waals surface area contributed by atoms with Gasteiger partial charge in [0.15, 0.2) is 12.2 Å². The zero-order valence-corrected chi connectivity index (χ0v) is 21.0. The van der Waals surface area contributed by atoms with E-state index in [1.165, 1.54) is 24.1 Å². The Hall–Kier alpha value is -3.46. The monoisotopic (exact) mass is 526 g/mol. The number of para-hydroxylation sites is 1. The molecule has 4 rings (SSSR count). The van der Waals surface area contributed by atoms with E-state index in [9.17, 15) is 24.2 Å². The molecule has 0 spiro atoms. The second-order valence-corrected chi connectivity index (χ2v) is 9.30. The number of carbonyl (C=O) groups is 2. The van der Waals surface area contributed by atoms with Gasteiger partial charge in [-0.15, -0.1) is 0 Å². The number of nitrogens with one attached hydrogen (secondary N) is 1. The average Bonchev–Trinajstić information content (AvgIpc) is 3.41. The summed E-state index contributed by atoms with van der Waals surface area (Å²) in [5, 5.41) is 23.8. The number of amides is 2. The lowest BCUT2D eigenvalue weighted by molar-refractivity contribution is -0.153. The molecule has 0 bridgehead atoms. The summed E-state index contributed by atoms with van der Waals surface area (Å²) < 4.78 is 20.1. The topological polar surface area (TPSA) is 99.1 Å². The molecule has 3 N–H and O–H groups in total. The minimum absolute atomic E-state index is 0.181. The van der Waals surface area contributed by atoms with Crippen molar-refractivity contribution >= 4 is 23.4 Å². The molecule has 194 valence electrons. The third-order valence-electron chi connectivity index (χ3n) is 6.51. The maximum Gasteiger partial charge on any atom is 0.255 e. The van der Waals surface area contributed by atoms with Gasteiger partial charge in [0, 0.05) is 29.2 Å². The molecule has 1 fully saturated rings. The molecule has 3 atom stereocenters. The second kappa shape index (κ2) is 11.7. The number of nitrogens with zero attached hydrogens (tertiary/aromatic N) is 1. The Bertz CT molecular complexity index is 1290. The van der Waals surface area contributed by atoms with Gasteiger partial charge in [-0.25, -0.2) is 4.39 Å². The molecule has 7 nitrogen and oxygen atoms in total. The zero-order chi connectivity index (χ0) is 26.5. The van der Waals surface area contributed by atoms with Crippen LogP contribution in [0.25, 0.3) is 11.1 Å². The van der Waals surface area contributed by atoms with Crippen molar-refractivity contribution in [1.29, 1.82) is 0 Å². The van der Waals surface area contributed by atoms with Gasteiger partial charge in [0.1, 0.15) is 11.6 Å². The van der Waals surface area contributed by atoms with Crippen molar-refractivity contribution in [2.24, 2.45) is 0 Å². The summed E-state index contributed by atoms with van der Waals surface area (Å²) in [5.74, 6) is -1.69. The fourth-order valence-corrected chi connectivity index (χ4v) is 4.77. The zero-order valence-electron chi connectivity index (χ0n) is 20.2. The number of methoxy groups -OCH3 is 1. The summed E-state index contributed by atoms with van der Waals surface area (Å²) in [6, 6.07) is 18.5. The van der Waals surface area contributed by atoms with Crippen LogP contribution in [-0.4, -0.2) is 52.8 Å². The normalized spacial score (nSPS) is 16.8. The van der Waals surface area contributed by atoms with E-state index in [1.807, 2.05) is 18.2 Å². The number of ether oxygens (including phenoxy) is 1. The van der Waals surface area contributed by atoms with Gasteiger partial charge in [0.05, 0.1) is 13.2 Å². The van der Waals surface area contributed by atoms with Crippen LogP contribution < -0.4 is 10.1 Å². The molecule has 1 aliphatic rings. The predicted octanol–water partition coefficient (Wildman–Crippen LogP) is 3.86. The van der Waals surface area contributed by atoms with Crippen molar-refractivity contribution in [2.75, 3.05) is 13.7 Å². The molecule has 0 saturated carbocycles. The number of rotatable bonds is 8. The molecule has 1 unspecified atom stereocenters. The van der Waals surface area contributed by atoms with E-state index in [-0.39, 0.29) is 18.2 Å². The van der Waals surface area contributed by atoms with Gasteiger partial charge < -0.3 is 25.2 Å². The van der Waals surface area contributed by atoms with Crippen molar-refractivity contribution in [3.05, 3.63) is 88.7 Å². The van der Waals surface area contributed by atoms with Crippen LogP contribution in [0.1, 0.15) is 30.0 Å². The van der Waals surface area contributed by atoms with Crippen LogP contribution in [0.5, 0.6) is 5.75 Å². The second-order valence-electron chi connectivity index (χ2n) is 8.86. The Morgan fingerprint density at radius 3 is 2.62 bits per heavy atom. The Morgan fingerprint density at radius 2 is 1.89 bits per heavy atom. The Labute approximate surface area is 219 Å². The van der Waals surface area contributed by atoms with Gasteiger partial charge in [-0.1, -0.05) is 54.1 Å². The first-order chi connectivity index (χ1) is 17.8. The van der Waals surface area contributed by atoms with E-state index in [1.54, 1.807) is 36.4 Å². The fourth-order valence-electron chi connectivity index (χ4n) is 4.57. The number of hydrogen-bond donors (Lipinski definition) is 3. The van der Waals surface area contributed by atoms with Gasteiger partial charge in [0.25, 0.3) is 11.8 Å². The van der Waals surface area contributed by atoms with Crippen molar-refractivity contribution in [2.45, 2.75) is 37.6 Å². The van der Waals surface area contributed by atoms with Crippen LogP contribution in [0.4, 0.5) is 4.39 Å². The predicted molar refractivity (Wildman–Crippen MR) is 137 cm³/mol. The molecule has 3 aromatic rings. The molecule has 0 aromatic heterocycles. The van der Waals surface area contributed by atoms with Crippen molar-refractivity contribution in [1.82, 2.24) is 10.2 Å². The molecular weight excluding hydrogens is 499 g/mol. The van der Waals surface area contributed by atoms with Crippen LogP contribution >= 0.6 is 11.6 Å². The van der Waals surface area contributed by atoms with E-state index < -0.39 is 29.8 Å². The molecular formula is C28H28ClFN2O5. The molecule has 0 aliphatic carbocycles. The highest BCUT2D eigenvalue weighted by Gasteiger charge is 2.38. The maximum absolute atomic E-state index is 14.8. The molecule has 0 radical (unpaired) electrons. The number of carbonyl (C=O) groups excluding carboxylic acids is 2. The standard InChI is InChI=1S/C28H28ClFN2O5/c1-37-24-10-3-2-8-21(24)17-11-12-19(22(30)15-17)16-31-27(35)25(33)26(34)28(36)32-13-5-9-23(32)18-6-4-7-20(29)14-18/h2-4,6-8,10-12,14-15,23,25-26,33-34H,5,9,13,16H2,1H3,(H,31,35)/t23?,25-,26-/m1/s1. The highest BCUT2D eigenvalue weighted by Crippen LogP contribution is 2.34. The van der Waals surface area contributed by atoms with Crippen LogP contribution in [0, 0.1) is 5.82 Å². The summed E-state index contributed by atoms with van der Waals surface area (Å²) >= 11 is 6.08. The van der Waals surface area contributed by atoms with Gasteiger partial charge >= 0.3 is 0 Å². The summed E-state index contributed by atoms with van der Waals surface area (Å²) in [6.07, 6.45) is -2.59. The van der Waals surface area contributed by atoms with Gasteiger partial charge in [0.2, 0.25) is 0 Å². The molecule has 2 amide bonds. The smallest absolute Gasteiger partial charge is 0.255 e. The van der Waals surface area contributed by atoms with Crippen LogP contribution in [0.15, 0.2) is 66.7 Å². The van der Waals surface area contributed by atoms with E-state index in [4.69, 9.17) is 16.3 Å². The highest BCUT2D eigenvalue weighted by molar-refractivity contribution is 6.30. The van der Waals surface area contributed by atoms with Crippen molar-refractivity contribution in [3.63, 3.8) is 0 Å². The van der Waals surface area contributed by atoms with E-state index in [0.717, 1.165) is 11.1 Å². The Balaban J connectivity index is 1.38. The summed E-state index contributed by atoms with van der Waals surface area (Å²) in [6.45, 7) is 0.148. The van der Waals surface area contributed by atoms with Gasteiger partial charge in [-0.05, 0) is 48.2 Å². The Kier molecular flexibility index (Phi) is 8.43. The summed E-state index contributed by atoms with van der Waals surface area (Å²) in [5.41, 5.74) is 2.32. The molecule has 1 heterocycles. The van der Waals surface area contributed by atoms with E-state index >= 15 is 0 Å². The number of likely N-dealkylation sites (tertiary alicyclic amines) is 1. The number of benzene rings is 3. The first-order valence-electron chi connectivity index (χ1n) is 11.9. The lowest BCUT2D eigenvalue weighted by Crippen LogP contribution is -2.50. The quantitative estimate of drug-likeness (QED) is 0.414. The van der Waals surface area contributed by atoms with Gasteiger partial charge in [-0.2, -0.15) is 0 Å². The SMILES string of the molecule is COc1ccccc1-c1ccc(CNC(=O)[C@H](O)[C@@H](O)C(=O)N2CCCC2c2cccc(Cl)c2)c(F)c1. The molecule has 9 heteroatoms. The largest absolute Gasteiger partial charge is 0.496 e. The molecule has 1 aliphatic heterocycles. The Morgan fingerprint density at radius 1 is 1.11 bits per heavy atom. The summed E-state index contributed by atoms with van der Waals surface area (Å²) in [7, 11) is 1.53. The molecule has 3 aromatic carbocycles. The first kappa shape index (κ1) is 26.6. The number of aliphatic hydroxyl groups is 2. The number of halogens is 2. The minimum Gasteiger partial charge on any atom is -0.496 e. The lowest BCUT2D eigenvalue weighted by Gasteiger charge is -2.28.